The number of carbonyl (C=O) groups is 1. The van der Waals surface area contributed by atoms with Crippen LogP contribution in [0.1, 0.15) is 15.9 Å². The minimum absolute atomic E-state index is 0.111. The molecular weight excluding hydrogens is 330 g/mol. The van der Waals surface area contributed by atoms with Gasteiger partial charge >= 0.3 is 0 Å². The van der Waals surface area contributed by atoms with E-state index in [0.717, 1.165) is 15.4 Å². The zero-order valence-corrected chi connectivity index (χ0v) is 13.1. The van der Waals surface area contributed by atoms with Gasteiger partial charge in [0.05, 0.1) is 23.8 Å². The van der Waals surface area contributed by atoms with E-state index in [4.69, 9.17) is 0 Å². The van der Waals surface area contributed by atoms with Gasteiger partial charge < -0.3 is 5.32 Å². The van der Waals surface area contributed by atoms with Crippen LogP contribution in [0.4, 0.5) is 0 Å². The molecule has 0 saturated carbocycles. The van der Waals surface area contributed by atoms with Crippen molar-refractivity contribution in [3.8, 4) is 0 Å². The molecule has 2 aromatic carbocycles. The van der Waals surface area contributed by atoms with Crippen molar-refractivity contribution < 1.29 is 4.79 Å². The Bertz CT molecular complexity index is 796. The number of nitrogens with zero attached hydrogens (tertiary/aromatic N) is 2. The third kappa shape index (κ3) is 2.69. The molecule has 3 rings (SSSR count). The first kappa shape index (κ1) is 13.8. The minimum atomic E-state index is -0.111. The lowest BCUT2D eigenvalue weighted by Gasteiger charge is -2.06. The summed E-state index contributed by atoms with van der Waals surface area (Å²) in [5.41, 5.74) is 2.73. The smallest absolute Gasteiger partial charge is 0.251 e. The van der Waals surface area contributed by atoms with E-state index in [9.17, 15) is 4.79 Å². The molecule has 3 aromatic rings. The minimum Gasteiger partial charge on any atom is -0.355 e. The molecule has 0 aliphatic heterocycles. The lowest BCUT2D eigenvalue weighted by atomic mass is 10.1. The second-order valence-corrected chi connectivity index (χ2v) is 5.67. The first-order valence-corrected chi connectivity index (χ1v) is 7.39. The third-order valence-electron chi connectivity index (χ3n) is 3.37. The molecule has 0 aliphatic carbocycles. The van der Waals surface area contributed by atoms with Crippen molar-refractivity contribution in [3.05, 3.63) is 64.3 Å². The number of hydrogen-bond acceptors (Lipinski definition) is 2. The van der Waals surface area contributed by atoms with Crippen molar-refractivity contribution in [1.29, 1.82) is 0 Å². The highest BCUT2D eigenvalue weighted by atomic mass is 79.9. The van der Waals surface area contributed by atoms with Gasteiger partial charge in [-0.1, -0.05) is 46.3 Å². The van der Waals surface area contributed by atoms with Gasteiger partial charge in [-0.25, -0.2) is 0 Å². The first-order valence-electron chi connectivity index (χ1n) is 6.60. The van der Waals surface area contributed by atoms with Crippen LogP contribution in [-0.4, -0.2) is 22.7 Å². The molecule has 0 fully saturated rings. The standard InChI is InChI=1S/C16H14BrN3O/c1-18-16(21)13-7-12(17)8-15-14(13)9-19-20(15)10-11-5-3-2-4-6-11/h2-9H,10H2,1H3,(H,18,21). The summed E-state index contributed by atoms with van der Waals surface area (Å²) < 4.78 is 2.77. The van der Waals surface area contributed by atoms with Gasteiger partial charge in [0, 0.05) is 16.9 Å². The van der Waals surface area contributed by atoms with Crippen molar-refractivity contribution in [2.75, 3.05) is 7.05 Å². The van der Waals surface area contributed by atoms with Crippen LogP contribution in [0.5, 0.6) is 0 Å². The predicted octanol–water partition coefficient (Wildman–Crippen LogP) is 3.21. The van der Waals surface area contributed by atoms with Crippen LogP contribution in [0.2, 0.25) is 0 Å². The van der Waals surface area contributed by atoms with Gasteiger partial charge in [0.1, 0.15) is 0 Å². The molecule has 21 heavy (non-hydrogen) atoms. The molecular formula is C16H14BrN3O. The summed E-state index contributed by atoms with van der Waals surface area (Å²) in [4.78, 5) is 12.0. The fraction of sp³-hybridized carbons (Fsp3) is 0.125. The van der Waals surface area contributed by atoms with E-state index in [0.29, 0.717) is 12.1 Å². The highest BCUT2D eigenvalue weighted by Crippen LogP contribution is 2.25. The topological polar surface area (TPSA) is 46.9 Å². The van der Waals surface area contributed by atoms with Crippen LogP contribution in [0, 0.1) is 0 Å². The van der Waals surface area contributed by atoms with Gasteiger partial charge in [0.25, 0.3) is 5.91 Å². The molecule has 0 aliphatic rings. The molecule has 0 radical (unpaired) electrons. The summed E-state index contributed by atoms with van der Waals surface area (Å²) in [6.07, 6.45) is 1.75. The average molecular weight is 344 g/mol. The average Bonchev–Trinajstić information content (AvgIpc) is 2.89. The van der Waals surface area contributed by atoms with Gasteiger partial charge in [0.15, 0.2) is 0 Å². The van der Waals surface area contributed by atoms with Gasteiger partial charge in [-0.3, -0.25) is 9.48 Å². The number of amides is 1. The summed E-state index contributed by atoms with van der Waals surface area (Å²) in [7, 11) is 1.63. The van der Waals surface area contributed by atoms with E-state index >= 15 is 0 Å². The Morgan fingerprint density at radius 1 is 1.29 bits per heavy atom. The van der Waals surface area contributed by atoms with Crippen LogP contribution in [0.15, 0.2) is 53.1 Å². The number of benzene rings is 2. The number of carbonyl (C=O) groups excluding carboxylic acids is 1. The van der Waals surface area contributed by atoms with Crippen LogP contribution in [0.25, 0.3) is 10.9 Å². The lowest BCUT2D eigenvalue weighted by molar-refractivity contribution is 0.0964. The lowest BCUT2D eigenvalue weighted by Crippen LogP contribution is -2.18. The number of fused-ring (bicyclic) bond motifs is 1. The summed E-state index contributed by atoms with van der Waals surface area (Å²) in [5, 5.41) is 7.94. The largest absolute Gasteiger partial charge is 0.355 e. The SMILES string of the molecule is CNC(=O)c1cc(Br)cc2c1cnn2Cc1ccccc1. The summed E-state index contributed by atoms with van der Waals surface area (Å²) >= 11 is 3.46. The van der Waals surface area contributed by atoms with E-state index in [1.807, 2.05) is 35.0 Å². The molecule has 1 heterocycles. The molecule has 4 nitrogen and oxygen atoms in total. The zero-order chi connectivity index (χ0) is 14.8. The predicted molar refractivity (Wildman–Crippen MR) is 86.4 cm³/mol. The van der Waals surface area contributed by atoms with Crippen LogP contribution in [-0.2, 0) is 6.54 Å². The van der Waals surface area contributed by atoms with E-state index in [1.54, 1.807) is 13.2 Å². The summed E-state index contributed by atoms with van der Waals surface area (Å²) in [5.74, 6) is -0.111. The maximum Gasteiger partial charge on any atom is 0.251 e. The molecule has 1 N–H and O–H groups in total. The molecule has 5 heteroatoms. The summed E-state index contributed by atoms with van der Waals surface area (Å²) in [6, 6.07) is 13.9. The van der Waals surface area contributed by atoms with Crippen molar-refractivity contribution in [1.82, 2.24) is 15.1 Å². The Morgan fingerprint density at radius 3 is 2.76 bits per heavy atom. The molecule has 106 valence electrons. The number of aromatic nitrogens is 2. The Hall–Kier alpha value is -2.14. The van der Waals surface area contributed by atoms with Crippen molar-refractivity contribution in [2.24, 2.45) is 0 Å². The first-order chi connectivity index (χ1) is 10.2. The molecule has 1 amide bonds. The summed E-state index contributed by atoms with van der Waals surface area (Å²) in [6.45, 7) is 0.675. The molecule has 0 bridgehead atoms. The Labute approximate surface area is 130 Å². The van der Waals surface area contributed by atoms with E-state index in [-0.39, 0.29) is 5.91 Å². The van der Waals surface area contributed by atoms with Crippen LogP contribution < -0.4 is 5.32 Å². The molecule has 0 atom stereocenters. The van der Waals surface area contributed by atoms with Gasteiger partial charge in [0.2, 0.25) is 0 Å². The van der Waals surface area contributed by atoms with Crippen LogP contribution in [0.3, 0.4) is 0 Å². The zero-order valence-electron chi connectivity index (χ0n) is 11.5. The van der Waals surface area contributed by atoms with Crippen molar-refractivity contribution >= 4 is 32.7 Å². The quantitative estimate of drug-likeness (QED) is 0.793. The second-order valence-electron chi connectivity index (χ2n) is 4.75. The molecule has 1 aromatic heterocycles. The second kappa shape index (κ2) is 5.69. The Balaban J connectivity index is 2.10. The van der Waals surface area contributed by atoms with Gasteiger partial charge in [-0.05, 0) is 17.7 Å². The number of rotatable bonds is 3. The fourth-order valence-electron chi connectivity index (χ4n) is 2.35. The number of nitrogens with one attached hydrogen (secondary N) is 1. The number of halogens is 1. The van der Waals surface area contributed by atoms with Gasteiger partial charge in [-0.15, -0.1) is 0 Å². The highest BCUT2D eigenvalue weighted by Gasteiger charge is 2.14. The third-order valence-corrected chi connectivity index (χ3v) is 3.83. The normalized spacial score (nSPS) is 10.8. The Morgan fingerprint density at radius 2 is 2.05 bits per heavy atom. The molecule has 0 saturated heterocycles. The number of hydrogen-bond donors (Lipinski definition) is 1. The van der Waals surface area contributed by atoms with Crippen molar-refractivity contribution in [3.63, 3.8) is 0 Å². The highest BCUT2D eigenvalue weighted by molar-refractivity contribution is 9.10. The molecule has 0 unspecified atom stereocenters. The maximum atomic E-state index is 12.0. The maximum absolute atomic E-state index is 12.0. The monoisotopic (exact) mass is 343 g/mol. The van der Waals surface area contributed by atoms with Crippen LogP contribution >= 0.6 is 15.9 Å². The van der Waals surface area contributed by atoms with E-state index in [1.165, 1.54) is 5.56 Å². The van der Waals surface area contributed by atoms with E-state index < -0.39 is 0 Å². The Kier molecular flexibility index (Phi) is 3.75. The van der Waals surface area contributed by atoms with Gasteiger partial charge in [-0.2, -0.15) is 5.10 Å². The van der Waals surface area contributed by atoms with Crippen molar-refractivity contribution in [2.45, 2.75) is 6.54 Å². The fourth-order valence-corrected chi connectivity index (χ4v) is 2.79. The van der Waals surface area contributed by atoms with E-state index in [2.05, 4.69) is 38.5 Å². The molecule has 0 spiro atoms.